The number of fused-ring (bicyclic) bond motifs is 2. The van der Waals surface area contributed by atoms with Gasteiger partial charge in [-0.1, -0.05) is 38.1 Å². The van der Waals surface area contributed by atoms with Gasteiger partial charge in [-0.3, -0.25) is 0 Å². The van der Waals surface area contributed by atoms with Gasteiger partial charge in [0.25, 0.3) is 0 Å². The quantitative estimate of drug-likeness (QED) is 0.345. The van der Waals surface area contributed by atoms with Crippen molar-refractivity contribution >= 4 is 21.5 Å². The number of H-pyrrole nitrogens is 2. The molecule has 2 heterocycles. The Morgan fingerprint density at radius 2 is 1.34 bits per heavy atom. The number of nitrogens with zero attached hydrogens (tertiary/aromatic N) is 2. The molecule has 0 amide bonds. The van der Waals surface area contributed by atoms with Gasteiger partial charge in [-0.2, -0.15) is 0 Å². The van der Waals surface area contributed by atoms with Crippen molar-refractivity contribution in [3.8, 4) is 22.5 Å². The van der Waals surface area contributed by atoms with E-state index in [9.17, 15) is 0 Å². The van der Waals surface area contributed by atoms with Crippen molar-refractivity contribution in [1.29, 1.82) is 0 Å². The van der Waals surface area contributed by atoms with Gasteiger partial charge < -0.3 is 9.97 Å². The maximum atomic E-state index is 4.57. The highest BCUT2D eigenvalue weighted by atomic mass is 14.9. The van der Waals surface area contributed by atoms with Gasteiger partial charge >= 0.3 is 0 Å². The lowest BCUT2D eigenvalue weighted by molar-refractivity contribution is 0.689. The second kappa shape index (κ2) is 6.89. The van der Waals surface area contributed by atoms with Crippen LogP contribution >= 0.6 is 0 Å². The van der Waals surface area contributed by atoms with Gasteiger partial charge in [-0.15, -0.1) is 0 Å². The van der Waals surface area contributed by atoms with Gasteiger partial charge in [-0.05, 0) is 59.2 Å². The van der Waals surface area contributed by atoms with Crippen LogP contribution in [0.1, 0.15) is 37.8 Å². The number of hydrogen-bond donors (Lipinski definition) is 2. The van der Waals surface area contributed by atoms with Crippen LogP contribution < -0.4 is 0 Å². The van der Waals surface area contributed by atoms with Gasteiger partial charge in [-0.25, -0.2) is 9.97 Å². The molecule has 0 radical (unpaired) electrons. The SMILES string of the molecule is CCC(C)c1ncc(-c2ccc3cc4cc(-c5cnc(C)[nH]5)ccc4cc3c2)[nH]1. The average molecular weight is 380 g/mol. The topological polar surface area (TPSA) is 57.4 Å². The second-order valence-electron chi connectivity index (χ2n) is 7.85. The molecule has 0 aliphatic rings. The van der Waals surface area contributed by atoms with Crippen LogP contribution in [0, 0.1) is 6.92 Å². The van der Waals surface area contributed by atoms with Crippen molar-refractivity contribution in [1.82, 2.24) is 19.9 Å². The third kappa shape index (κ3) is 3.21. The molecular weight excluding hydrogens is 356 g/mol. The lowest BCUT2D eigenvalue weighted by Gasteiger charge is -2.07. The van der Waals surface area contributed by atoms with Crippen LogP contribution in [-0.2, 0) is 0 Å². The zero-order valence-corrected chi connectivity index (χ0v) is 17.0. The summed E-state index contributed by atoms with van der Waals surface area (Å²) in [6.07, 6.45) is 4.92. The molecule has 0 saturated heterocycles. The highest BCUT2D eigenvalue weighted by Crippen LogP contribution is 2.30. The van der Waals surface area contributed by atoms with E-state index in [1.54, 1.807) is 0 Å². The van der Waals surface area contributed by atoms with E-state index in [1.807, 2.05) is 19.3 Å². The molecule has 1 atom stereocenters. The lowest BCUT2D eigenvalue weighted by atomic mass is 9.99. The summed E-state index contributed by atoms with van der Waals surface area (Å²) in [6, 6.07) is 17.7. The average Bonchev–Trinajstić information content (AvgIpc) is 3.40. The van der Waals surface area contributed by atoms with Crippen molar-refractivity contribution in [2.45, 2.75) is 33.1 Å². The number of hydrogen-bond acceptors (Lipinski definition) is 2. The van der Waals surface area contributed by atoms with E-state index in [1.165, 1.54) is 27.1 Å². The lowest BCUT2D eigenvalue weighted by Crippen LogP contribution is -1.93. The zero-order valence-electron chi connectivity index (χ0n) is 17.0. The van der Waals surface area contributed by atoms with Crippen LogP contribution in [0.4, 0.5) is 0 Å². The molecule has 4 nitrogen and oxygen atoms in total. The largest absolute Gasteiger partial charge is 0.342 e. The molecule has 0 aliphatic carbocycles. The minimum Gasteiger partial charge on any atom is -0.342 e. The second-order valence-corrected chi connectivity index (χ2v) is 7.85. The number of nitrogens with one attached hydrogen (secondary N) is 2. The number of aromatic amines is 2. The predicted octanol–water partition coefficient (Wildman–Crippen LogP) is 6.60. The van der Waals surface area contributed by atoms with E-state index in [2.05, 4.69) is 82.3 Å². The summed E-state index contributed by atoms with van der Waals surface area (Å²) in [7, 11) is 0. The summed E-state index contributed by atoms with van der Waals surface area (Å²) >= 11 is 0. The van der Waals surface area contributed by atoms with Gasteiger partial charge in [0.2, 0.25) is 0 Å². The number of aromatic nitrogens is 4. The summed E-state index contributed by atoms with van der Waals surface area (Å²) in [6.45, 7) is 6.36. The van der Waals surface area contributed by atoms with Gasteiger partial charge in [0.15, 0.2) is 0 Å². The van der Waals surface area contributed by atoms with Crippen LogP contribution in [0.5, 0.6) is 0 Å². The number of imidazole rings is 2. The van der Waals surface area contributed by atoms with Crippen LogP contribution in [0.15, 0.2) is 60.9 Å². The van der Waals surface area contributed by atoms with Crippen molar-refractivity contribution in [2.24, 2.45) is 0 Å². The minimum atomic E-state index is 0.445. The molecule has 0 saturated carbocycles. The molecule has 5 rings (SSSR count). The predicted molar refractivity (Wildman–Crippen MR) is 120 cm³/mol. The third-order valence-corrected chi connectivity index (χ3v) is 5.80. The Bertz CT molecular complexity index is 1330. The monoisotopic (exact) mass is 380 g/mol. The van der Waals surface area contributed by atoms with E-state index in [4.69, 9.17) is 0 Å². The van der Waals surface area contributed by atoms with E-state index < -0.39 is 0 Å². The molecule has 0 spiro atoms. The summed E-state index contributed by atoms with van der Waals surface area (Å²) in [5, 5.41) is 4.94. The molecule has 0 aliphatic heterocycles. The smallest absolute Gasteiger partial charge is 0.109 e. The molecule has 1 unspecified atom stereocenters. The maximum absolute atomic E-state index is 4.57. The molecule has 2 aromatic heterocycles. The van der Waals surface area contributed by atoms with Crippen LogP contribution in [0.3, 0.4) is 0 Å². The minimum absolute atomic E-state index is 0.445. The summed E-state index contributed by atoms with van der Waals surface area (Å²) < 4.78 is 0. The van der Waals surface area contributed by atoms with Crippen molar-refractivity contribution in [3.63, 3.8) is 0 Å². The van der Waals surface area contributed by atoms with E-state index in [0.717, 1.165) is 35.0 Å². The zero-order chi connectivity index (χ0) is 20.0. The Balaban J connectivity index is 1.56. The Kier molecular flexibility index (Phi) is 4.20. The summed E-state index contributed by atoms with van der Waals surface area (Å²) in [5.41, 5.74) is 4.45. The molecule has 0 bridgehead atoms. The molecule has 2 N–H and O–H groups in total. The van der Waals surface area contributed by atoms with Crippen molar-refractivity contribution < 1.29 is 0 Å². The molecule has 4 heteroatoms. The maximum Gasteiger partial charge on any atom is 0.109 e. The van der Waals surface area contributed by atoms with E-state index in [0.29, 0.717) is 5.92 Å². The first-order chi connectivity index (χ1) is 14.1. The Morgan fingerprint density at radius 1 is 0.759 bits per heavy atom. The van der Waals surface area contributed by atoms with E-state index in [-0.39, 0.29) is 0 Å². The van der Waals surface area contributed by atoms with E-state index >= 15 is 0 Å². The summed E-state index contributed by atoms with van der Waals surface area (Å²) in [5.74, 6) is 2.44. The highest BCUT2D eigenvalue weighted by molar-refractivity contribution is 6.00. The highest BCUT2D eigenvalue weighted by Gasteiger charge is 2.10. The Morgan fingerprint density at radius 3 is 1.90 bits per heavy atom. The van der Waals surface area contributed by atoms with Crippen molar-refractivity contribution in [2.75, 3.05) is 0 Å². The fourth-order valence-corrected chi connectivity index (χ4v) is 3.83. The Labute approximate surface area is 170 Å². The normalized spacial score (nSPS) is 12.7. The first-order valence-electron chi connectivity index (χ1n) is 10.2. The number of aryl methyl sites for hydroxylation is 1. The molecule has 3 aromatic carbocycles. The fraction of sp³-hybridized carbons (Fsp3) is 0.200. The third-order valence-electron chi connectivity index (χ3n) is 5.80. The fourth-order valence-electron chi connectivity index (χ4n) is 3.83. The number of benzene rings is 3. The molecular formula is C25H24N4. The molecule has 5 aromatic rings. The van der Waals surface area contributed by atoms with Gasteiger partial charge in [0.05, 0.1) is 23.8 Å². The Hall–Kier alpha value is -3.40. The van der Waals surface area contributed by atoms with Crippen LogP contribution in [0.25, 0.3) is 44.1 Å². The molecule has 0 fully saturated rings. The van der Waals surface area contributed by atoms with Gasteiger partial charge in [0, 0.05) is 17.0 Å². The van der Waals surface area contributed by atoms with Crippen LogP contribution in [0.2, 0.25) is 0 Å². The first kappa shape index (κ1) is 17.7. The number of rotatable bonds is 4. The first-order valence-corrected chi connectivity index (χ1v) is 10.2. The van der Waals surface area contributed by atoms with Gasteiger partial charge in [0.1, 0.15) is 11.6 Å². The van der Waals surface area contributed by atoms with Crippen molar-refractivity contribution in [3.05, 3.63) is 72.6 Å². The molecule has 144 valence electrons. The van der Waals surface area contributed by atoms with Crippen LogP contribution in [-0.4, -0.2) is 19.9 Å². The standard InChI is InChI=1S/C25H24N4/c1-4-15(2)25-27-14-24(29-25)20-8-6-18-9-21-11-19(23-13-26-16(3)28-23)7-5-17(21)10-22(18)12-20/h5-15H,4H2,1-3H3,(H,26,28)(H,27,29). The molecule has 29 heavy (non-hydrogen) atoms. The summed E-state index contributed by atoms with van der Waals surface area (Å²) in [4.78, 5) is 15.7.